The number of rotatable bonds is 3. The summed E-state index contributed by atoms with van der Waals surface area (Å²) < 4.78 is 6.27. The van der Waals surface area contributed by atoms with Crippen LogP contribution < -0.4 is 5.32 Å². The summed E-state index contributed by atoms with van der Waals surface area (Å²) in [5, 5.41) is 15.0. The average Bonchev–Trinajstić information content (AvgIpc) is 2.74. The van der Waals surface area contributed by atoms with E-state index in [1.54, 1.807) is 11.4 Å². The maximum absolute atomic E-state index is 11.0. The Bertz CT molecular complexity index is 436. The van der Waals surface area contributed by atoms with Crippen molar-refractivity contribution in [2.45, 2.75) is 13.5 Å². The van der Waals surface area contributed by atoms with Crippen LogP contribution >= 0.6 is 11.3 Å². The molecule has 0 radical (unpaired) electrons. The molecule has 0 bridgehead atoms. The van der Waals surface area contributed by atoms with Gasteiger partial charge in [0, 0.05) is 0 Å². The average molecular weight is 227 g/mol. The van der Waals surface area contributed by atoms with E-state index in [0.29, 0.717) is 18.1 Å². The molecule has 0 aliphatic heterocycles. The summed E-state index contributed by atoms with van der Waals surface area (Å²) in [6, 6.07) is 0. The molecule has 0 saturated carbocycles. The fourth-order valence-electron chi connectivity index (χ4n) is 1.00. The minimum atomic E-state index is -0.441. The van der Waals surface area contributed by atoms with E-state index in [0.717, 1.165) is 5.01 Å². The lowest BCUT2D eigenvalue weighted by molar-refractivity contribution is 0.151. The summed E-state index contributed by atoms with van der Waals surface area (Å²) in [5.41, 5.74) is 0. The van der Waals surface area contributed by atoms with Gasteiger partial charge >= 0.3 is 6.09 Å². The Morgan fingerprint density at radius 2 is 2.60 bits per heavy atom. The van der Waals surface area contributed by atoms with Crippen molar-refractivity contribution in [3.8, 4) is 0 Å². The molecule has 1 N–H and O–H groups in total. The van der Waals surface area contributed by atoms with Gasteiger partial charge in [0.05, 0.1) is 13.2 Å². The number of aromatic nitrogens is 4. The zero-order chi connectivity index (χ0) is 10.7. The highest BCUT2D eigenvalue weighted by molar-refractivity contribution is 7.16. The SMILES string of the molecule is CCOC(=O)NCc1nn2cnnc2s1. The summed E-state index contributed by atoms with van der Waals surface area (Å²) in [5.74, 6) is 0. The van der Waals surface area contributed by atoms with Gasteiger partial charge in [0.15, 0.2) is 0 Å². The van der Waals surface area contributed by atoms with Gasteiger partial charge in [0.1, 0.15) is 11.3 Å². The van der Waals surface area contributed by atoms with Gasteiger partial charge in [-0.2, -0.15) is 9.61 Å². The second kappa shape index (κ2) is 4.22. The van der Waals surface area contributed by atoms with Crippen LogP contribution in [0.15, 0.2) is 6.33 Å². The van der Waals surface area contributed by atoms with Crippen LogP contribution in [0.2, 0.25) is 0 Å². The molecule has 15 heavy (non-hydrogen) atoms. The maximum Gasteiger partial charge on any atom is 0.407 e. The van der Waals surface area contributed by atoms with Crippen LogP contribution in [0.4, 0.5) is 4.79 Å². The van der Waals surface area contributed by atoms with Crippen LogP contribution in [0.1, 0.15) is 11.9 Å². The van der Waals surface area contributed by atoms with Crippen molar-refractivity contribution in [3.63, 3.8) is 0 Å². The number of fused-ring (bicyclic) bond motifs is 1. The Morgan fingerprint density at radius 1 is 1.73 bits per heavy atom. The minimum Gasteiger partial charge on any atom is -0.450 e. The summed E-state index contributed by atoms with van der Waals surface area (Å²) in [6.45, 7) is 2.45. The second-order valence-corrected chi connectivity index (χ2v) is 3.67. The van der Waals surface area contributed by atoms with Crippen LogP contribution in [-0.2, 0) is 11.3 Å². The number of carbonyl (C=O) groups is 1. The Morgan fingerprint density at radius 3 is 3.33 bits per heavy atom. The maximum atomic E-state index is 11.0. The first-order chi connectivity index (χ1) is 7.29. The molecule has 0 atom stereocenters. The molecule has 2 rings (SSSR count). The number of alkyl carbamates (subject to hydrolysis) is 1. The van der Waals surface area contributed by atoms with Crippen molar-refractivity contribution in [2.75, 3.05) is 6.61 Å². The van der Waals surface area contributed by atoms with Gasteiger partial charge in [0.25, 0.3) is 0 Å². The van der Waals surface area contributed by atoms with Crippen LogP contribution in [0.5, 0.6) is 0 Å². The zero-order valence-corrected chi connectivity index (χ0v) is 8.82. The summed E-state index contributed by atoms with van der Waals surface area (Å²) in [7, 11) is 0. The molecule has 7 nitrogen and oxygen atoms in total. The topological polar surface area (TPSA) is 81.4 Å². The van der Waals surface area contributed by atoms with Crippen LogP contribution in [0, 0.1) is 0 Å². The molecule has 0 unspecified atom stereocenters. The Labute approximate surface area is 89.1 Å². The highest BCUT2D eigenvalue weighted by atomic mass is 32.1. The zero-order valence-electron chi connectivity index (χ0n) is 8.01. The van der Waals surface area contributed by atoms with Gasteiger partial charge in [-0.1, -0.05) is 11.3 Å². The van der Waals surface area contributed by atoms with Crippen molar-refractivity contribution in [1.82, 2.24) is 25.1 Å². The Balaban J connectivity index is 1.95. The number of nitrogens with one attached hydrogen (secondary N) is 1. The van der Waals surface area contributed by atoms with Crippen molar-refractivity contribution >= 4 is 22.4 Å². The van der Waals surface area contributed by atoms with Crippen molar-refractivity contribution in [2.24, 2.45) is 0 Å². The van der Waals surface area contributed by atoms with E-state index >= 15 is 0 Å². The fraction of sp³-hybridized carbons (Fsp3) is 0.429. The highest BCUT2D eigenvalue weighted by Crippen LogP contribution is 2.10. The molecule has 2 heterocycles. The van der Waals surface area contributed by atoms with E-state index in [9.17, 15) is 4.79 Å². The molecular formula is C7H9N5O2S. The first kappa shape index (κ1) is 9.84. The van der Waals surface area contributed by atoms with Crippen molar-refractivity contribution in [1.29, 1.82) is 0 Å². The van der Waals surface area contributed by atoms with E-state index in [4.69, 9.17) is 4.74 Å². The Kier molecular flexibility index (Phi) is 2.77. The molecule has 0 aromatic carbocycles. The minimum absolute atomic E-state index is 0.340. The number of nitrogens with zero attached hydrogens (tertiary/aromatic N) is 4. The number of hydrogen-bond donors (Lipinski definition) is 1. The molecule has 0 aliphatic carbocycles. The highest BCUT2D eigenvalue weighted by Gasteiger charge is 2.06. The number of hydrogen-bond acceptors (Lipinski definition) is 6. The van der Waals surface area contributed by atoms with Gasteiger partial charge < -0.3 is 10.1 Å². The molecule has 8 heteroatoms. The van der Waals surface area contributed by atoms with E-state index < -0.39 is 6.09 Å². The molecule has 2 aromatic rings. The van der Waals surface area contributed by atoms with Crippen molar-refractivity contribution < 1.29 is 9.53 Å². The first-order valence-corrected chi connectivity index (χ1v) is 5.17. The third kappa shape index (κ3) is 2.21. The standard InChI is InChI=1S/C7H9N5O2S/c1-2-14-7(13)8-3-5-11-12-4-9-10-6(12)15-5/h4H,2-3H2,1H3,(H,8,13). The van der Waals surface area contributed by atoms with Crippen LogP contribution in [-0.4, -0.2) is 32.5 Å². The normalized spacial score (nSPS) is 10.5. The van der Waals surface area contributed by atoms with E-state index in [1.165, 1.54) is 17.7 Å². The third-order valence-corrected chi connectivity index (χ3v) is 2.50. The molecule has 1 amide bonds. The van der Waals surface area contributed by atoms with Crippen LogP contribution in [0.25, 0.3) is 4.96 Å². The lowest BCUT2D eigenvalue weighted by Gasteiger charge is -2.01. The van der Waals surface area contributed by atoms with E-state index in [1.807, 2.05) is 0 Å². The second-order valence-electron chi connectivity index (χ2n) is 2.63. The van der Waals surface area contributed by atoms with Gasteiger partial charge in [-0.15, -0.1) is 10.2 Å². The molecular weight excluding hydrogens is 218 g/mol. The van der Waals surface area contributed by atoms with E-state index in [2.05, 4.69) is 20.6 Å². The largest absolute Gasteiger partial charge is 0.450 e. The molecule has 0 fully saturated rings. The predicted molar refractivity (Wildman–Crippen MR) is 52.5 cm³/mol. The first-order valence-electron chi connectivity index (χ1n) is 4.36. The summed E-state index contributed by atoms with van der Waals surface area (Å²) >= 11 is 1.37. The monoisotopic (exact) mass is 227 g/mol. The smallest absolute Gasteiger partial charge is 0.407 e. The Hall–Kier alpha value is -1.70. The lowest BCUT2D eigenvalue weighted by Crippen LogP contribution is -2.23. The van der Waals surface area contributed by atoms with Crippen molar-refractivity contribution in [3.05, 3.63) is 11.3 Å². The number of amides is 1. The van der Waals surface area contributed by atoms with E-state index in [-0.39, 0.29) is 0 Å². The molecule has 80 valence electrons. The molecule has 2 aromatic heterocycles. The van der Waals surface area contributed by atoms with Gasteiger partial charge in [-0.25, -0.2) is 4.79 Å². The molecule has 0 aliphatic rings. The molecule has 0 saturated heterocycles. The lowest BCUT2D eigenvalue weighted by atomic mass is 10.7. The van der Waals surface area contributed by atoms with Crippen LogP contribution in [0.3, 0.4) is 0 Å². The molecule has 0 spiro atoms. The van der Waals surface area contributed by atoms with Gasteiger partial charge in [-0.05, 0) is 6.92 Å². The number of ether oxygens (including phenoxy) is 1. The fourth-order valence-corrected chi connectivity index (χ4v) is 1.76. The summed E-state index contributed by atoms with van der Waals surface area (Å²) in [4.78, 5) is 11.7. The third-order valence-electron chi connectivity index (χ3n) is 1.59. The van der Waals surface area contributed by atoms with Gasteiger partial charge in [-0.3, -0.25) is 0 Å². The number of carbonyl (C=O) groups excluding carboxylic acids is 1. The quantitative estimate of drug-likeness (QED) is 0.822. The summed E-state index contributed by atoms with van der Waals surface area (Å²) in [6.07, 6.45) is 1.07. The van der Waals surface area contributed by atoms with Gasteiger partial charge in [0.2, 0.25) is 4.96 Å². The predicted octanol–water partition coefficient (Wildman–Crippen LogP) is 0.432.